The summed E-state index contributed by atoms with van der Waals surface area (Å²) in [5.74, 6) is 0.345. The van der Waals surface area contributed by atoms with Gasteiger partial charge < -0.3 is 15.0 Å². The lowest BCUT2D eigenvalue weighted by molar-refractivity contribution is 0.121. The van der Waals surface area contributed by atoms with E-state index < -0.39 is 0 Å². The van der Waals surface area contributed by atoms with Gasteiger partial charge in [-0.1, -0.05) is 6.07 Å². The lowest BCUT2D eigenvalue weighted by Crippen LogP contribution is -2.40. The Morgan fingerprint density at radius 3 is 2.67 bits per heavy atom. The predicted molar refractivity (Wildman–Crippen MR) is 121 cm³/mol. The number of hydrogen-bond donors (Lipinski definition) is 1. The first-order valence-electron chi connectivity index (χ1n) is 9.90. The van der Waals surface area contributed by atoms with Gasteiger partial charge in [0.1, 0.15) is 5.82 Å². The Labute approximate surface area is 182 Å². The molecule has 0 unspecified atom stereocenters. The van der Waals surface area contributed by atoms with Crippen LogP contribution in [0, 0.1) is 12.7 Å². The van der Waals surface area contributed by atoms with Crippen molar-refractivity contribution in [3.05, 3.63) is 62.1 Å². The average Bonchev–Trinajstić information content (AvgIpc) is 2.73. The van der Waals surface area contributed by atoms with Crippen LogP contribution in [0.15, 0.2) is 39.6 Å². The summed E-state index contributed by atoms with van der Waals surface area (Å²) >= 11 is 3.41. The van der Waals surface area contributed by atoms with Crippen molar-refractivity contribution in [1.82, 2.24) is 9.55 Å². The summed E-state index contributed by atoms with van der Waals surface area (Å²) in [6, 6.07) is 8.32. The molecule has 1 saturated heterocycles. The number of halogens is 2. The maximum absolute atomic E-state index is 13.5. The fourth-order valence-electron chi connectivity index (χ4n) is 3.83. The molecule has 0 bridgehead atoms. The summed E-state index contributed by atoms with van der Waals surface area (Å²) in [4.78, 5) is 20.2. The molecule has 158 valence electrons. The van der Waals surface area contributed by atoms with Crippen LogP contribution in [0.5, 0.6) is 0 Å². The second-order valence-electron chi connectivity index (χ2n) is 7.62. The first kappa shape index (κ1) is 20.8. The molecule has 1 aliphatic heterocycles. The number of anilines is 2. The van der Waals surface area contributed by atoms with Gasteiger partial charge in [-0.3, -0.25) is 9.36 Å². The zero-order valence-electron chi connectivity index (χ0n) is 17.2. The molecule has 0 aliphatic carbocycles. The van der Waals surface area contributed by atoms with E-state index >= 15 is 0 Å². The third kappa shape index (κ3) is 3.94. The average molecular weight is 475 g/mol. The SMILES string of the molecule is Cc1cc([C@@H](C)Nc2ccc(F)cc2Br)c2nc(N3CCOCC3)n(C)c(=O)c2c1. The number of aryl methyl sites for hydroxylation is 1. The lowest BCUT2D eigenvalue weighted by Gasteiger charge is -2.29. The largest absolute Gasteiger partial charge is 0.378 e. The quantitative estimate of drug-likeness (QED) is 0.615. The third-order valence-electron chi connectivity index (χ3n) is 5.39. The van der Waals surface area contributed by atoms with Crippen molar-refractivity contribution in [3.8, 4) is 0 Å². The highest BCUT2D eigenvalue weighted by Gasteiger charge is 2.21. The van der Waals surface area contributed by atoms with E-state index in [0.717, 1.165) is 16.8 Å². The van der Waals surface area contributed by atoms with Gasteiger partial charge in [0, 0.05) is 35.9 Å². The second kappa shape index (κ2) is 8.35. The highest BCUT2D eigenvalue weighted by molar-refractivity contribution is 9.10. The van der Waals surface area contributed by atoms with Crippen molar-refractivity contribution in [1.29, 1.82) is 0 Å². The normalized spacial score (nSPS) is 15.4. The number of rotatable bonds is 4. The molecule has 30 heavy (non-hydrogen) atoms. The van der Waals surface area contributed by atoms with E-state index in [1.807, 2.05) is 26.0 Å². The summed E-state index contributed by atoms with van der Waals surface area (Å²) in [5.41, 5.74) is 3.30. The molecular weight excluding hydrogens is 451 g/mol. The Balaban J connectivity index is 1.82. The highest BCUT2D eigenvalue weighted by Crippen LogP contribution is 2.31. The summed E-state index contributed by atoms with van der Waals surface area (Å²) in [6.45, 7) is 6.61. The maximum atomic E-state index is 13.5. The van der Waals surface area contributed by atoms with Crippen LogP contribution in [0.25, 0.3) is 10.9 Å². The topological polar surface area (TPSA) is 59.4 Å². The number of fused-ring (bicyclic) bond motifs is 1. The van der Waals surface area contributed by atoms with Gasteiger partial charge in [0.2, 0.25) is 5.95 Å². The molecule has 1 atom stereocenters. The monoisotopic (exact) mass is 474 g/mol. The molecule has 2 aromatic carbocycles. The smallest absolute Gasteiger partial charge is 0.262 e. The molecule has 0 radical (unpaired) electrons. The second-order valence-corrected chi connectivity index (χ2v) is 8.47. The van der Waals surface area contributed by atoms with Crippen LogP contribution in [0.4, 0.5) is 16.0 Å². The van der Waals surface area contributed by atoms with Gasteiger partial charge in [0.05, 0.1) is 30.2 Å². The number of hydrogen-bond acceptors (Lipinski definition) is 5. The number of benzene rings is 2. The molecule has 4 rings (SSSR count). The number of nitrogens with one attached hydrogen (secondary N) is 1. The molecular formula is C22H24BrFN4O2. The van der Waals surface area contributed by atoms with Crippen molar-refractivity contribution in [2.24, 2.45) is 7.05 Å². The summed E-state index contributed by atoms with van der Waals surface area (Å²) in [5, 5.41) is 4.00. The highest BCUT2D eigenvalue weighted by atomic mass is 79.9. The van der Waals surface area contributed by atoms with E-state index in [1.165, 1.54) is 12.1 Å². The third-order valence-corrected chi connectivity index (χ3v) is 6.05. The molecule has 6 nitrogen and oxygen atoms in total. The number of nitrogens with zero attached hydrogens (tertiary/aromatic N) is 3. The number of morpholine rings is 1. The summed E-state index contributed by atoms with van der Waals surface area (Å²) in [7, 11) is 1.76. The molecule has 8 heteroatoms. The molecule has 0 saturated carbocycles. The Kier molecular flexibility index (Phi) is 5.79. The van der Waals surface area contributed by atoms with Crippen molar-refractivity contribution >= 4 is 38.5 Å². The van der Waals surface area contributed by atoms with E-state index in [4.69, 9.17) is 9.72 Å². The molecule has 1 aromatic heterocycles. The van der Waals surface area contributed by atoms with Crippen LogP contribution in [0.2, 0.25) is 0 Å². The fourth-order valence-corrected chi connectivity index (χ4v) is 4.30. The van der Waals surface area contributed by atoms with Crippen LogP contribution < -0.4 is 15.8 Å². The zero-order chi connectivity index (χ0) is 21.4. The number of aromatic nitrogens is 2. The van der Waals surface area contributed by atoms with Gasteiger partial charge >= 0.3 is 0 Å². The van der Waals surface area contributed by atoms with E-state index in [9.17, 15) is 9.18 Å². The maximum Gasteiger partial charge on any atom is 0.262 e. The van der Waals surface area contributed by atoms with E-state index in [0.29, 0.717) is 47.6 Å². The van der Waals surface area contributed by atoms with Gasteiger partial charge in [-0.2, -0.15) is 0 Å². The van der Waals surface area contributed by atoms with Crippen molar-refractivity contribution in [3.63, 3.8) is 0 Å². The van der Waals surface area contributed by atoms with E-state index in [1.54, 1.807) is 17.7 Å². The van der Waals surface area contributed by atoms with Gasteiger partial charge in [0.15, 0.2) is 0 Å². The number of ether oxygens (including phenoxy) is 1. The van der Waals surface area contributed by atoms with Gasteiger partial charge in [-0.25, -0.2) is 9.37 Å². The van der Waals surface area contributed by atoms with E-state index in [-0.39, 0.29) is 17.4 Å². The van der Waals surface area contributed by atoms with Crippen LogP contribution >= 0.6 is 15.9 Å². The van der Waals surface area contributed by atoms with Crippen molar-refractivity contribution in [2.75, 3.05) is 36.5 Å². The lowest BCUT2D eigenvalue weighted by atomic mass is 10.0. The van der Waals surface area contributed by atoms with Crippen molar-refractivity contribution in [2.45, 2.75) is 19.9 Å². The molecule has 3 aromatic rings. The minimum absolute atomic E-state index is 0.0680. The van der Waals surface area contributed by atoms with Crippen molar-refractivity contribution < 1.29 is 9.13 Å². The van der Waals surface area contributed by atoms with Crippen LogP contribution in [0.1, 0.15) is 24.1 Å². The fraction of sp³-hybridized carbons (Fsp3) is 0.364. The van der Waals surface area contributed by atoms with Crippen LogP contribution in [-0.2, 0) is 11.8 Å². The molecule has 2 heterocycles. The van der Waals surface area contributed by atoms with Crippen LogP contribution in [-0.4, -0.2) is 35.9 Å². The minimum atomic E-state index is -0.304. The summed E-state index contributed by atoms with van der Waals surface area (Å²) < 4.78 is 21.2. The van der Waals surface area contributed by atoms with Crippen LogP contribution in [0.3, 0.4) is 0 Å². The Morgan fingerprint density at radius 1 is 1.23 bits per heavy atom. The minimum Gasteiger partial charge on any atom is -0.378 e. The molecule has 1 fully saturated rings. The first-order chi connectivity index (χ1) is 14.3. The molecule has 1 N–H and O–H groups in total. The van der Waals surface area contributed by atoms with Gasteiger partial charge in [-0.05, 0) is 59.6 Å². The first-order valence-corrected chi connectivity index (χ1v) is 10.7. The standard InChI is InChI=1S/C22H24BrFN4O2/c1-13-10-16(14(2)25-19-5-4-15(24)12-18(19)23)20-17(11-13)21(29)27(3)22(26-20)28-6-8-30-9-7-28/h4-5,10-12,14,25H,6-9H2,1-3H3/t14-/m1/s1. The summed E-state index contributed by atoms with van der Waals surface area (Å²) in [6.07, 6.45) is 0. The predicted octanol–water partition coefficient (Wildman–Crippen LogP) is 4.15. The van der Waals surface area contributed by atoms with E-state index in [2.05, 4.69) is 26.1 Å². The Hall–Kier alpha value is -2.45. The van der Waals surface area contributed by atoms with Gasteiger partial charge in [0.25, 0.3) is 5.56 Å². The molecule has 0 amide bonds. The molecule has 0 spiro atoms. The Bertz CT molecular complexity index is 1160. The zero-order valence-corrected chi connectivity index (χ0v) is 18.8. The van der Waals surface area contributed by atoms with Gasteiger partial charge in [-0.15, -0.1) is 0 Å². The molecule has 1 aliphatic rings. The Morgan fingerprint density at radius 2 is 1.97 bits per heavy atom.